The summed E-state index contributed by atoms with van der Waals surface area (Å²) in [5.41, 5.74) is 3.10. The second kappa shape index (κ2) is 13.5. The first-order chi connectivity index (χ1) is 19.6. The van der Waals surface area contributed by atoms with Crippen molar-refractivity contribution < 1.29 is 18.8 Å². The zero-order valence-corrected chi connectivity index (χ0v) is 24.1. The summed E-state index contributed by atoms with van der Waals surface area (Å²) in [6.07, 6.45) is 1.16. The summed E-state index contributed by atoms with van der Waals surface area (Å²) in [5.74, 6) is -0.752. The summed E-state index contributed by atoms with van der Waals surface area (Å²) >= 11 is 0. The lowest BCUT2D eigenvalue weighted by atomic mass is 9.87. The molecule has 3 aromatic carbocycles. The van der Waals surface area contributed by atoms with Crippen molar-refractivity contribution in [2.75, 3.05) is 38.0 Å². The molecule has 1 heterocycles. The molecule has 0 radical (unpaired) electrons. The van der Waals surface area contributed by atoms with Crippen molar-refractivity contribution in [1.29, 1.82) is 0 Å². The smallest absolute Gasteiger partial charge is 0.319 e. The lowest BCUT2D eigenvalue weighted by Gasteiger charge is -2.35. The van der Waals surface area contributed by atoms with Crippen LogP contribution in [-0.2, 0) is 13.0 Å². The summed E-state index contributed by atoms with van der Waals surface area (Å²) in [6, 6.07) is 21.2. The van der Waals surface area contributed by atoms with Crippen LogP contribution in [-0.4, -0.2) is 60.2 Å². The van der Waals surface area contributed by atoms with Gasteiger partial charge < -0.3 is 15.5 Å². The van der Waals surface area contributed by atoms with Crippen LogP contribution in [0.2, 0.25) is 0 Å². The number of nitrogens with one attached hydrogen (secondary N) is 2. The fourth-order valence-corrected chi connectivity index (χ4v) is 4.86. The number of hydrogen-bond acceptors (Lipinski definition) is 4. The Morgan fingerprint density at radius 1 is 0.829 bits per heavy atom. The van der Waals surface area contributed by atoms with Gasteiger partial charge in [-0.3, -0.25) is 14.5 Å². The number of halogens is 1. The molecule has 0 aliphatic carbocycles. The van der Waals surface area contributed by atoms with E-state index in [0.29, 0.717) is 52.1 Å². The molecular weight excluding hydrogens is 519 g/mol. The van der Waals surface area contributed by atoms with Gasteiger partial charge in [0.1, 0.15) is 5.82 Å². The van der Waals surface area contributed by atoms with Gasteiger partial charge in [0.2, 0.25) is 0 Å². The maximum atomic E-state index is 14.8. The highest BCUT2D eigenvalue weighted by Gasteiger charge is 2.24. The van der Waals surface area contributed by atoms with Crippen LogP contribution in [0.3, 0.4) is 0 Å². The molecular formula is C33H39FN4O3. The summed E-state index contributed by atoms with van der Waals surface area (Å²) in [6.45, 7) is 9.69. The number of piperazine rings is 1. The van der Waals surface area contributed by atoms with Crippen molar-refractivity contribution in [2.24, 2.45) is 5.41 Å². The van der Waals surface area contributed by atoms with Crippen LogP contribution in [0.5, 0.6) is 0 Å². The number of carbonyl (C=O) groups excluding carboxylic acids is 3. The van der Waals surface area contributed by atoms with Gasteiger partial charge in [0.25, 0.3) is 5.91 Å². The van der Waals surface area contributed by atoms with E-state index in [0.717, 1.165) is 16.7 Å². The number of carbonyl (C=O) groups is 3. The minimum atomic E-state index is -0.659. The molecule has 8 heteroatoms. The van der Waals surface area contributed by atoms with Crippen LogP contribution >= 0.6 is 0 Å². The van der Waals surface area contributed by atoms with Crippen molar-refractivity contribution in [3.8, 4) is 0 Å². The largest absolute Gasteiger partial charge is 0.338 e. The van der Waals surface area contributed by atoms with Crippen LogP contribution in [0.1, 0.15) is 59.0 Å². The zero-order valence-electron chi connectivity index (χ0n) is 24.1. The molecule has 41 heavy (non-hydrogen) atoms. The van der Waals surface area contributed by atoms with E-state index in [4.69, 9.17) is 0 Å². The monoisotopic (exact) mass is 558 g/mol. The highest BCUT2D eigenvalue weighted by atomic mass is 19.1. The molecule has 0 atom stereocenters. The molecule has 1 aliphatic rings. The standard InChI is InChI=1S/C33H39FN4O3/c1-33(2,3)22-30(39)26-11-7-10-25(20-26)23-37-16-18-38(19-17-37)31(40)27-12-13-29(28(34)21-27)36-32(41)35-15-14-24-8-5-4-6-9-24/h4-13,20-21H,14-19,22-23H2,1-3H3,(H2,35,36,41). The average molecular weight is 559 g/mol. The van der Waals surface area contributed by atoms with E-state index >= 15 is 0 Å². The summed E-state index contributed by atoms with van der Waals surface area (Å²) in [7, 11) is 0. The van der Waals surface area contributed by atoms with Gasteiger partial charge in [-0.25, -0.2) is 9.18 Å². The van der Waals surface area contributed by atoms with Crippen molar-refractivity contribution in [1.82, 2.24) is 15.1 Å². The fourth-order valence-electron chi connectivity index (χ4n) is 4.86. The number of hydrogen-bond donors (Lipinski definition) is 2. The van der Waals surface area contributed by atoms with E-state index in [1.807, 2.05) is 54.6 Å². The molecule has 4 rings (SSSR count). The predicted molar refractivity (Wildman–Crippen MR) is 160 cm³/mol. The van der Waals surface area contributed by atoms with E-state index in [9.17, 15) is 18.8 Å². The van der Waals surface area contributed by atoms with Gasteiger partial charge in [-0.1, -0.05) is 69.3 Å². The SMILES string of the molecule is CC(C)(C)CC(=O)c1cccc(CN2CCN(C(=O)c3ccc(NC(=O)NCCc4ccccc4)c(F)c3)CC2)c1. The third kappa shape index (κ3) is 8.98. The molecule has 1 fully saturated rings. The van der Waals surface area contributed by atoms with Crippen molar-refractivity contribution in [3.63, 3.8) is 0 Å². The first kappa shape index (κ1) is 29.9. The van der Waals surface area contributed by atoms with Crippen molar-refractivity contribution >= 4 is 23.4 Å². The second-order valence-corrected chi connectivity index (χ2v) is 11.7. The van der Waals surface area contributed by atoms with Crippen LogP contribution in [0.4, 0.5) is 14.9 Å². The first-order valence-corrected chi connectivity index (χ1v) is 14.1. The van der Waals surface area contributed by atoms with Gasteiger partial charge in [0, 0.05) is 56.8 Å². The molecule has 1 aliphatic heterocycles. The highest BCUT2D eigenvalue weighted by Crippen LogP contribution is 2.23. The Morgan fingerprint density at radius 2 is 1.54 bits per heavy atom. The van der Waals surface area contributed by atoms with Crippen LogP contribution in [0, 0.1) is 11.2 Å². The Balaban J connectivity index is 1.25. The molecule has 1 saturated heterocycles. The Bertz CT molecular complexity index is 1360. The molecule has 3 aromatic rings. The molecule has 0 spiro atoms. The minimum absolute atomic E-state index is 0.0202. The summed E-state index contributed by atoms with van der Waals surface area (Å²) in [5, 5.41) is 5.24. The van der Waals surface area contributed by atoms with Gasteiger partial charge >= 0.3 is 6.03 Å². The third-order valence-electron chi connectivity index (χ3n) is 7.01. The molecule has 0 unspecified atom stereocenters. The summed E-state index contributed by atoms with van der Waals surface area (Å²) in [4.78, 5) is 41.9. The van der Waals surface area contributed by atoms with Crippen LogP contribution in [0.15, 0.2) is 72.8 Å². The Kier molecular flexibility index (Phi) is 9.89. The molecule has 0 saturated carbocycles. The number of Topliss-reactive ketones (excluding diaryl/α,β-unsaturated/α-hetero) is 1. The number of ketones is 1. The number of amides is 3. The fraction of sp³-hybridized carbons (Fsp3) is 0.364. The van der Waals surface area contributed by atoms with Gasteiger partial charge in [0.15, 0.2) is 5.78 Å². The topological polar surface area (TPSA) is 81.8 Å². The number of benzene rings is 3. The van der Waals surface area contributed by atoms with Gasteiger partial charge in [-0.2, -0.15) is 0 Å². The van der Waals surface area contributed by atoms with Crippen molar-refractivity contribution in [2.45, 2.75) is 40.2 Å². The number of anilines is 1. The Hall–Kier alpha value is -4.04. The lowest BCUT2D eigenvalue weighted by Crippen LogP contribution is -2.48. The Labute approximate surface area is 241 Å². The number of rotatable bonds is 9. The maximum Gasteiger partial charge on any atom is 0.319 e. The van der Waals surface area contributed by atoms with Gasteiger partial charge in [0.05, 0.1) is 5.69 Å². The normalized spacial score (nSPS) is 14.0. The predicted octanol–water partition coefficient (Wildman–Crippen LogP) is 5.77. The van der Waals surface area contributed by atoms with Crippen molar-refractivity contribution in [3.05, 3.63) is 101 Å². The number of nitrogens with zero attached hydrogens (tertiary/aromatic N) is 2. The molecule has 0 aromatic heterocycles. The van der Waals surface area contributed by atoms with Crippen LogP contribution in [0.25, 0.3) is 0 Å². The second-order valence-electron chi connectivity index (χ2n) is 11.7. The molecule has 0 bridgehead atoms. The zero-order chi connectivity index (χ0) is 29.4. The lowest BCUT2D eigenvalue weighted by molar-refractivity contribution is 0.0627. The van der Waals surface area contributed by atoms with Gasteiger partial charge in [-0.05, 0) is 47.2 Å². The van der Waals surface area contributed by atoms with Crippen LogP contribution < -0.4 is 10.6 Å². The first-order valence-electron chi connectivity index (χ1n) is 14.1. The third-order valence-corrected chi connectivity index (χ3v) is 7.01. The molecule has 2 N–H and O–H groups in total. The van der Waals surface area contributed by atoms with E-state index < -0.39 is 11.8 Å². The molecule has 3 amide bonds. The minimum Gasteiger partial charge on any atom is -0.338 e. The Morgan fingerprint density at radius 3 is 2.22 bits per heavy atom. The highest BCUT2D eigenvalue weighted by molar-refractivity contribution is 5.97. The average Bonchev–Trinajstić information content (AvgIpc) is 2.94. The van der Waals surface area contributed by atoms with E-state index in [1.165, 1.54) is 18.2 Å². The molecule has 216 valence electrons. The van der Waals surface area contributed by atoms with E-state index in [1.54, 1.807) is 4.90 Å². The van der Waals surface area contributed by atoms with Gasteiger partial charge in [-0.15, -0.1) is 0 Å². The van der Waals surface area contributed by atoms with E-state index in [-0.39, 0.29) is 28.4 Å². The van der Waals surface area contributed by atoms with E-state index in [2.05, 4.69) is 36.3 Å². The maximum absolute atomic E-state index is 14.8. The molecule has 7 nitrogen and oxygen atoms in total. The summed E-state index contributed by atoms with van der Waals surface area (Å²) < 4.78 is 14.8. The quantitative estimate of drug-likeness (QED) is 0.327. The number of urea groups is 1.